The molecule has 1 N–H and O–H groups in total. The second kappa shape index (κ2) is 5.87. The molecule has 1 atom stereocenters. The van der Waals surface area contributed by atoms with Crippen LogP contribution in [0.2, 0.25) is 0 Å². The van der Waals surface area contributed by atoms with E-state index in [2.05, 4.69) is 16.3 Å². The van der Waals surface area contributed by atoms with Crippen LogP contribution in [-0.4, -0.2) is 50.3 Å². The van der Waals surface area contributed by atoms with Crippen LogP contribution in [-0.2, 0) is 27.1 Å². The van der Waals surface area contributed by atoms with Gasteiger partial charge in [-0.3, -0.25) is 0 Å². The fraction of sp³-hybridized carbons (Fsp3) is 0.545. The second-order valence-corrected chi connectivity index (χ2v) is 8.44. The van der Waals surface area contributed by atoms with E-state index in [0.29, 0.717) is 13.0 Å². The Morgan fingerprint density at radius 2 is 2.19 bits per heavy atom. The average Bonchev–Trinajstić information content (AvgIpc) is 3.05. The normalized spacial score (nSPS) is 20.7. The predicted molar refractivity (Wildman–Crippen MR) is 77.2 cm³/mol. The maximum absolute atomic E-state index is 12.4. The molecule has 1 fully saturated rings. The third-order valence-electron chi connectivity index (χ3n) is 3.39. The van der Waals surface area contributed by atoms with Crippen molar-refractivity contribution in [2.75, 3.05) is 19.6 Å². The van der Waals surface area contributed by atoms with E-state index in [0.717, 1.165) is 5.41 Å². The number of aromatic nitrogens is 2. The standard InChI is InChI=1S/C11H18N4O4S2/c1-3-20(16,17)13-8-10-4-6-15(9-10)21(18,19)11-12-5-7-14(11)2/h3,5,7,10,13H,1,4,6,8-9H2,2H3/t10-/m1/s1. The smallest absolute Gasteiger partial charge is 0.277 e. The highest BCUT2D eigenvalue weighted by atomic mass is 32.2. The molecule has 0 spiro atoms. The van der Waals surface area contributed by atoms with Crippen molar-refractivity contribution in [3.63, 3.8) is 0 Å². The van der Waals surface area contributed by atoms with Crippen LogP contribution >= 0.6 is 0 Å². The number of hydrogen-bond acceptors (Lipinski definition) is 5. The minimum atomic E-state index is -3.63. The van der Waals surface area contributed by atoms with Gasteiger partial charge < -0.3 is 4.57 Å². The summed E-state index contributed by atoms with van der Waals surface area (Å²) in [6.07, 6.45) is 3.60. The number of rotatable bonds is 6. The lowest BCUT2D eigenvalue weighted by Gasteiger charge is -2.16. The summed E-state index contributed by atoms with van der Waals surface area (Å²) in [4.78, 5) is 3.86. The molecule has 8 nitrogen and oxygen atoms in total. The summed E-state index contributed by atoms with van der Waals surface area (Å²) in [6, 6.07) is 0. The fourth-order valence-corrected chi connectivity index (χ4v) is 4.38. The van der Waals surface area contributed by atoms with Crippen molar-refractivity contribution in [1.29, 1.82) is 0 Å². The molecule has 1 aliphatic heterocycles. The minimum absolute atomic E-state index is 0.00479. The van der Waals surface area contributed by atoms with E-state index < -0.39 is 20.0 Å². The highest BCUT2D eigenvalue weighted by molar-refractivity contribution is 7.92. The number of sulfonamides is 2. The topological polar surface area (TPSA) is 101 Å². The van der Waals surface area contributed by atoms with Gasteiger partial charge in [-0.2, -0.15) is 4.31 Å². The van der Waals surface area contributed by atoms with Gasteiger partial charge in [-0.05, 0) is 12.3 Å². The summed E-state index contributed by atoms with van der Waals surface area (Å²) in [5.41, 5.74) is 0. The van der Waals surface area contributed by atoms with Crippen LogP contribution in [0.3, 0.4) is 0 Å². The molecule has 0 amide bonds. The van der Waals surface area contributed by atoms with Gasteiger partial charge >= 0.3 is 0 Å². The quantitative estimate of drug-likeness (QED) is 0.755. The first-order valence-electron chi connectivity index (χ1n) is 6.36. The minimum Gasteiger partial charge on any atom is -0.324 e. The van der Waals surface area contributed by atoms with Crippen LogP contribution in [0.15, 0.2) is 29.5 Å². The third kappa shape index (κ3) is 3.51. The lowest BCUT2D eigenvalue weighted by molar-refractivity contribution is 0.446. The van der Waals surface area contributed by atoms with Crippen LogP contribution in [0.5, 0.6) is 0 Å². The molecule has 0 bridgehead atoms. The summed E-state index contributed by atoms with van der Waals surface area (Å²) >= 11 is 0. The number of nitrogens with zero attached hydrogens (tertiary/aromatic N) is 3. The molecular formula is C11H18N4O4S2. The molecule has 2 heterocycles. The van der Waals surface area contributed by atoms with Crippen molar-refractivity contribution in [3.8, 4) is 0 Å². The first-order valence-corrected chi connectivity index (χ1v) is 9.34. The Morgan fingerprint density at radius 3 is 2.76 bits per heavy atom. The summed E-state index contributed by atoms with van der Waals surface area (Å²) in [5, 5.41) is 0.833. The summed E-state index contributed by atoms with van der Waals surface area (Å²) < 4.78 is 52.6. The molecule has 0 aromatic carbocycles. The van der Waals surface area contributed by atoms with Gasteiger partial charge in [0.1, 0.15) is 0 Å². The summed E-state index contributed by atoms with van der Waals surface area (Å²) in [5.74, 6) is -0.0604. The molecule has 10 heteroatoms. The van der Waals surface area contributed by atoms with Crippen molar-refractivity contribution < 1.29 is 16.8 Å². The van der Waals surface area contributed by atoms with Crippen molar-refractivity contribution in [3.05, 3.63) is 24.4 Å². The van der Waals surface area contributed by atoms with Crippen molar-refractivity contribution >= 4 is 20.0 Å². The van der Waals surface area contributed by atoms with E-state index in [1.165, 1.54) is 15.1 Å². The number of nitrogens with one attached hydrogen (secondary N) is 1. The van der Waals surface area contributed by atoms with Gasteiger partial charge in [0.2, 0.25) is 15.2 Å². The van der Waals surface area contributed by atoms with Crippen LogP contribution in [0.25, 0.3) is 0 Å². The first kappa shape index (κ1) is 16.1. The Labute approximate surface area is 124 Å². The zero-order valence-corrected chi connectivity index (χ0v) is 13.3. The largest absolute Gasteiger partial charge is 0.324 e. The van der Waals surface area contributed by atoms with E-state index in [-0.39, 0.29) is 24.2 Å². The van der Waals surface area contributed by atoms with Gasteiger partial charge in [-0.15, -0.1) is 0 Å². The SMILES string of the molecule is C=CS(=O)(=O)NC[C@H]1CCN(S(=O)(=O)c2nccn2C)C1. The Balaban J connectivity index is 2.03. The molecule has 0 radical (unpaired) electrons. The molecule has 0 unspecified atom stereocenters. The molecule has 21 heavy (non-hydrogen) atoms. The van der Waals surface area contributed by atoms with Crippen molar-refractivity contribution in [2.45, 2.75) is 11.6 Å². The van der Waals surface area contributed by atoms with E-state index in [9.17, 15) is 16.8 Å². The van der Waals surface area contributed by atoms with E-state index in [4.69, 9.17) is 0 Å². The molecule has 2 rings (SSSR count). The number of hydrogen-bond donors (Lipinski definition) is 1. The number of aryl methyl sites for hydroxylation is 1. The molecule has 1 aromatic rings. The summed E-state index contributed by atoms with van der Waals surface area (Å²) in [6.45, 7) is 4.03. The van der Waals surface area contributed by atoms with Gasteiger partial charge in [-0.1, -0.05) is 6.58 Å². The Bertz CT molecular complexity index is 723. The van der Waals surface area contributed by atoms with E-state index in [1.807, 2.05) is 0 Å². The maximum atomic E-state index is 12.4. The van der Waals surface area contributed by atoms with E-state index in [1.54, 1.807) is 13.2 Å². The molecule has 1 aliphatic rings. The van der Waals surface area contributed by atoms with Gasteiger partial charge in [0, 0.05) is 44.5 Å². The third-order valence-corrected chi connectivity index (χ3v) is 6.26. The van der Waals surface area contributed by atoms with Crippen molar-refractivity contribution in [2.24, 2.45) is 13.0 Å². The fourth-order valence-electron chi connectivity index (χ4n) is 2.19. The molecule has 1 saturated heterocycles. The zero-order chi connectivity index (χ0) is 15.7. The Morgan fingerprint density at radius 1 is 1.48 bits per heavy atom. The average molecular weight is 334 g/mol. The van der Waals surface area contributed by atoms with Crippen molar-refractivity contribution in [1.82, 2.24) is 18.6 Å². The predicted octanol–water partition coefficient (Wildman–Crippen LogP) is -0.506. The summed E-state index contributed by atoms with van der Waals surface area (Å²) in [7, 11) is -5.49. The highest BCUT2D eigenvalue weighted by Gasteiger charge is 2.34. The van der Waals surface area contributed by atoms with Gasteiger partial charge in [0.05, 0.1) is 0 Å². The molecule has 0 aliphatic carbocycles. The lowest BCUT2D eigenvalue weighted by Crippen LogP contribution is -2.33. The van der Waals surface area contributed by atoms with Gasteiger partial charge in [-0.25, -0.2) is 26.5 Å². The lowest BCUT2D eigenvalue weighted by atomic mass is 10.1. The zero-order valence-electron chi connectivity index (χ0n) is 11.6. The van der Waals surface area contributed by atoms with Crippen LogP contribution in [0, 0.1) is 5.92 Å². The van der Waals surface area contributed by atoms with Crippen LogP contribution in [0.4, 0.5) is 0 Å². The Kier molecular flexibility index (Phi) is 4.51. The van der Waals surface area contributed by atoms with Crippen LogP contribution < -0.4 is 4.72 Å². The van der Waals surface area contributed by atoms with E-state index >= 15 is 0 Å². The maximum Gasteiger partial charge on any atom is 0.277 e. The van der Waals surface area contributed by atoms with Gasteiger partial charge in [0.15, 0.2) is 0 Å². The first-order chi connectivity index (χ1) is 9.76. The second-order valence-electron chi connectivity index (χ2n) is 4.90. The highest BCUT2D eigenvalue weighted by Crippen LogP contribution is 2.23. The molecule has 1 aromatic heterocycles. The number of imidazole rings is 1. The molecular weight excluding hydrogens is 316 g/mol. The van der Waals surface area contributed by atoms with Crippen LogP contribution in [0.1, 0.15) is 6.42 Å². The molecule has 118 valence electrons. The van der Waals surface area contributed by atoms with Gasteiger partial charge in [0.25, 0.3) is 10.0 Å². The monoisotopic (exact) mass is 334 g/mol. The Hall–Kier alpha value is -1.23. The molecule has 0 saturated carbocycles.